The standard InChI is InChI=1S/C25H24ClFN6O4/c1-31-19-10-13(22(28)34)4-6-17(19)20-21(23(31)35)33(11-14-9-15(27)5-7-18(14)26)24(30-20)32-8-2-3-16(12-32)29-25(36)37/h4-7,9-10,16,29H,2-3,8,11-12H2,1H3,(H2,28,34)(H,36,37)/t16-/m1/s1. The van der Waals surface area contributed by atoms with Crippen molar-refractivity contribution in [3.63, 3.8) is 0 Å². The predicted molar refractivity (Wildman–Crippen MR) is 138 cm³/mol. The second-order valence-corrected chi connectivity index (χ2v) is 9.53. The number of carboxylic acid groups (broad SMARTS) is 1. The van der Waals surface area contributed by atoms with Gasteiger partial charge >= 0.3 is 6.09 Å². The molecule has 12 heteroatoms. The first kappa shape index (κ1) is 24.6. The van der Waals surface area contributed by atoms with Crippen LogP contribution in [0.5, 0.6) is 0 Å². The number of halogens is 2. The van der Waals surface area contributed by atoms with Crippen molar-refractivity contribution in [1.82, 2.24) is 19.4 Å². The molecule has 1 saturated heterocycles. The Labute approximate surface area is 215 Å². The van der Waals surface area contributed by atoms with Gasteiger partial charge in [-0.1, -0.05) is 11.6 Å². The first-order valence-corrected chi connectivity index (χ1v) is 12.0. The number of aryl methyl sites for hydroxylation is 1. The summed E-state index contributed by atoms with van der Waals surface area (Å²) in [4.78, 5) is 43.4. The minimum atomic E-state index is -1.11. The number of primary amides is 1. The summed E-state index contributed by atoms with van der Waals surface area (Å²) >= 11 is 6.38. The van der Waals surface area contributed by atoms with Crippen LogP contribution >= 0.6 is 11.6 Å². The van der Waals surface area contributed by atoms with E-state index in [1.54, 1.807) is 29.8 Å². The quantitative estimate of drug-likeness (QED) is 0.366. The second kappa shape index (κ2) is 9.40. The summed E-state index contributed by atoms with van der Waals surface area (Å²) < 4.78 is 17.2. The van der Waals surface area contributed by atoms with Crippen LogP contribution < -0.4 is 21.5 Å². The molecule has 1 aliphatic heterocycles. The van der Waals surface area contributed by atoms with Gasteiger partial charge in [0.15, 0.2) is 0 Å². The molecule has 10 nitrogen and oxygen atoms in total. The van der Waals surface area contributed by atoms with Crippen molar-refractivity contribution in [2.45, 2.75) is 25.4 Å². The zero-order chi connectivity index (χ0) is 26.4. The molecule has 4 aromatic rings. The number of hydrogen-bond acceptors (Lipinski definition) is 5. The van der Waals surface area contributed by atoms with Crippen molar-refractivity contribution < 1.29 is 19.1 Å². The molecule has 0 saturated carbocycles. The third-order valence-corrected chi connectivity index (χ3v) is 7.09. The van der Waals surface area contributed by atoms with Gasteiger partial charge in [-0.05, 0) is 54.8 Å². The zero-order valence-corrected chi connectivity index (χ0v) is 20.6. The van der Waals surface area contributed by atoms with E-state index in [1.807, 2.05) is 4.90 Å². The van der Waals surface area contributed by atoms with Crippen LogP contribution in [0.25, 0.3) is 21.9 Å². The third kappa shape index (κ3) is 4.46. The average molecular weight is 527 g/mol. The molecule has 192 valence electrons. The molecule has 5 rings (SSSR count). The van der Waals surface area contributed by atoms with Gasteiger partial charge in [0, 0.05) is 42.2 Å². The van der Waals surface area contributed by atoms with E-state index in [9.17, 15) is 23.9 Å². The molecule has 1 aliphatic rings. The van der Waals surface area contributed by atoms with Crippen molar-refractivity contribution in [3.05, 3.63) is 68.7 Å². The summed E-state index contributed by atoms with van der Waals surface area (Å²) in [6.07, 6.45) is 0.256. The topological polar surface area (TPSA) is 135 Å². The third-order valence-electron chi connectivity index (χ3n) is 6.72. The number of piperidine rings is 1. The molecular weight excluding hydrogens is 503 g/mol. The lowest BCUT2D eigenvalue weighted by molar-refractivity contribution is 0.1000. The van der Waals surface area contributed by atoms with E-state index in [0.717, 1.165) is 0 Å². The fraction of sp³-hybridized carbons (Fsp3) is 0.280. The van der Waals surface area contributed by atoms with Gasteiger partial charge in [0.2, 0.25) is 11.9 Å². The number of carbonyl (C=O) groups excluding carboxylic acids is 1. The summed E-state index contributed by atoms with van der Waals surface area (Å²) in [5, 5.41) is 12.7. The second-order valence-electron chi connectivity index (χ2n) is 9.13. The summed E-state index contributed by atoms with van der Waals surface area (Å²) in [7, 11) is 1.59. The van der Waals surface area contributed by atoms with E-state index in [1.165, 1.54) is 22.8 Å². The summed E-state index contributed by atoms with van der Waals surface area (Å²) in [5.41, 5.74) is 6.97. The van der Waals surface area contributed by atoms with E-state index >= 15 is 0 Å². The predicted octanol–water partition coefficient (Wildman–Crippen LogP) is 3.06. The molecule has 1 atom stereocenters. The Morgan fingerprint density at radius 2 is 2.05 bits per heavy atom. The SMILES string of the molecule is Cn1c(=O)c2c(nc(N3CCC[C@@H](NC(=O)O)C3)n2Cc2cc(F)ccc2Cl)c2ccc(C(N)=O)cc21. The normalized spacial score (nSPS) is 15.9. The minimum absolute atomic E-state index is 0.0655. The van der Waals surface area contributed by atoms with Gasteiger partial charge < -0.3 is 30.2 Å². The number of pyridine rings is 1. The Kier molecular flexibility index (Phi) is 6.24. The molecule has 0 bridgehead atoms. The number of nitrogens with one attached hydrogen (secondary N) is 1. The van der Waals surface area contributed by atoms with Gasteiger partial charge in [-0.15, -0.1) is 0 Å². The van der Waals surface area contributed by atoms with E-state index in [2.05, 4.69) is 5.32 Å². The molecule has 4 N–H and O–H groups in total. The van der Waals surface area contributed by atoms with Crippen LogP contribution in [0.2, 0.25) is 5.02 Å². The van der Waals surface area contributed by atoms with Gasteiger partial charge in [0.1, 0.15) is 16.9 Å². The number of rotatable bonds is 5. The molecule has 0 radical (unpaired) electrons. The first-order valence-electron chi connectivity index (χ1n) is 11.6. The largest absolute Gasteiger partial charge is 0.465 e. The Hall–Kier alpha value is -4.12. The maximum absolute atomic E-state index is 14.1. The van der Waals surface area contributed by atoms with E-state index in [0.29, 0.717) is 58.9 Å². The monoisotopic (exact) mass is 526 g/mol. The van der Waals surface area contributed by atoms with Crippen molar-refractivity contribution >= 4 is 51.5 Å². The summed E-state index contributed by atoms with van der Waals surface area (Å²) in [6.45, 7) is 0.995. The number of carbonyl (C=O) groups is 2. The molecule has 1 fully saturated rings. The van der Waals surface area contributed by atoms with Crippen molar-refractivity contribution in [1.29, 1.82) is 0 Å². The fourth-order valence-corrected chi connectivity index (χ4v) is 5.13. The van der Waals surface area contributed by atoms with Crippen LogP contribution in [-0.2, 0) is 13.6 Å². The molecule has 2 amide bonds. The van der Waals surface area contributed by atoms with Gasteiger partial charge in [-0.25, -0.2) is 14.2 Å². The van der Waals surface area contributed by atoms with Gasteiger partial charge in [0.25, 0.3) is 5.56 Å². The van der Waals surface area contributed by atoms with Crippen LogP contribution in [0, 0.1) is 5.82 Å². The van der Waals surface area contributed by atoms with Crippen molar-refractivity contribution in [2.75, 3.05) is 18.0 Å². The van der Waals surface area contributed by atoms with Crippen molar-refractivity contribution in [2.24, 2.45) is 12.8 Å². The maximum Gasteiger partial charge on any atom is 0.404 e. The van der Waals surface area contributed by atoms with Crippen LogP contribution in [0.15, 0.2) is 41.2 Å². The molecule has 3 heterocycles. The number of benzene rings is 2. The van der Waals surface area contributed by atoms with Crippen LogP contribution in [-0.4, -0.2) is 50.4 Å². The molecule has 0 aliphatic carbocycles. The number of anilines is 1. The number of aromatic nitrogens is 3. The molecule has 0 spiro atoms. The van der Waals surface area contributed by atoms with Crippen LogP contribution in [0.4, 0.5) is 15.1 Å². The molecule has 0 unspecified atom stereocenters. The highest BCUT2D eigenvalue weighted by Gasteiger charge is 2.28. The van der Waals surface area contributed by atoms with Crippen molar-refractivity contribution in [3.8, 4) is 0 Å². The maximum atomic E-state index is 14.1. The number of imidazole rings is 1. The summed E-state index contributed by atoms with van der Waals surface area (Å²) in [5.74, 6) is -0.645. The molecule has 2 aromatic carbocycles. The minimum Gasteiger partial charge on any atom is -0.465 e. The fourth-order valence-electron chi connectivity index (χ4n) is 4.95. The number of hydrogen-bond donors (Lipinski definition) is 3. The molecule has 37 heavy (non-hydrogen) atoms. The van der Waals surface area contributed by atoms with Gasteiger partial charge in [-0.2, -0.15) is 0 Å². The van der Waals surface area contributed by atoms with E-state index in [4.69, 9.17) is 22.3 Å². The number of fused-ring (bicyclic) bond motifs is 3. The smallest absolute Gasteiger partial charge is 0.404 e. The van der Waals surface area contributed by atoms with Gasteiger partial charge in [-0.3, -0.25) is 9.59 Å². The lowest BCUT2D eigenvalue weighted by Crippen LogP contribution is -2.48. The highest BCUT2D eigenvalue weighted by molar-refractivity contribution is 6.31. The number of amides is 2. The number of nitrogens with two attached hydrogens (primary N) is 1. The van der Waals surface area contributed by atoms with Gasteiger partial charge in [0.05, 0.1) is 12.1 Å². The van der Waals surface area contributed by atoms with Crippen LogP contribution in [0.1, 0.15) is 28.8 Å². The Balaban J connectivity index is 1.76. The van der Waals surface area contributed by atoms with E-state index < -0.39 is 17.8 Å². The highest BCUT2D eigenvalue weighted by Crippen LogP contribution is 2.31. The first-order chi connectivity index (χ1) is 17.6. The highest BCUT2D eigenvalue weighted by atomic mass is 35.5. The Morgan fingerprint density at radius 1 is 1.27 bits per heavy atom. The Bertz CT molecular complexity index is 1630. The van der Waals surface area contributed by atoms with E-state index in [-0.39, 0.29) is 29.2 Å². The zero-order valence-electron chi connectivity index (χ0n) is 19.9. The summed E-state index contributed by atoms with van der Waals surface area (Å²) in [6, 6.07) is 8.52. The molecule has 2 aromatic heterocycles. The Morgan fingerprint density at radius 3 is 2.78 bits per heavy atom. The molecular formula is C25H24ClFN6O4. The number of nitrogens with zero attached hydrogens (tertiary/aromatic N) is 4. The average Bonchev–Trinajstić information content (AvgIpc) is 3.23. The van der Waals surface area contributed by atoms with Crippen LogP contribution in [0.3, 0.4) is 0 Å². The lowest BCUT2D eigenvalue weighted by atomic mass is 10.1. The lowest BCUT2D eigenvalue weighted by Gasteiger charge is -2.33.